The zero-order chi connectivity index (χ0) is 26.1. The standard InChI is InChI=1S/C27H43ClFN3O4/c1-30-17-23(25(33)19-9-3-4-10-19)31-26(34)32-15-8-11-20(18-32)27(35,14-5-6-16-36-2)21-12-7-13-22(28)24(21)29/h7,12-13,19-20,23,25,30,33,35H,3-6,8-11,14-18H2,1-2H3,(H,31,34)/t20-,23-,25+,27+/m1/s1. The van der Waals surface area contributed by atoms with E-state index in [1.165, 1.54) is 6.07 Å². The minimum absolute atomic E-state index is 0.0240. The number of ether oxygens (including phenoxy) is 1. The SMILES string of the molecule is CNC[C@@H](NC(=O)N1CCC[C@@H]([C@@](O)(CCCCOC)c2cccc(Cl)c2F)C1)[C@@H](O)C1CCCC1. The van der Waals surface area contributed by atoms with Gasteiger partial charge in [-0.05, 0) is 64.0 Å². The molecule has 9 heteroatoms. The molecule has 1 aliphatic carbocycles. The number of methoxy groups -OCH3 is 1. The molecule has 1 saturated carbocycles. The van der Waals surface area contributed by atoms with E-state index in [0.29, 0.717) is 51.9 Å². The molecule has 0 bridgehead atoms. The van der Waals surface area contributed by atoms with E-state index in [1.54, 1.807) is 31.2 Å². The van der Waals surface area contributed by atoms with Crippen LogP contribution in [0, 0.1) is 17.7 Å². The number of nitrogens with zero attached hydrogens (tertiary/aromatic N) is 1. The largest absolute Gasteiger partial charge is 0.391 e. The zero-order valence-corrected chi connectivity index (χ0v) is 22.4. The van der Waals surface area contributed by atoms with E-state index in [2.05, 4.69) is 10.6 Å². The van der Waals surface area contributed by atoms with Crippen LogP contribution in [0.1, 0.15) is 63.4 Å². The molecule has 1 aromatic rings. The molecule has 0 aromatic heterocycles. The number of amides is 2. The van der Waals surface area contributed by atoms with Gasteiger partial charge in [0.05, 0.1) is 22.8 Å². The third-order valence-electron chi connectivity index (χ3n) is 7.99. The number of halogens is 2. The van der Waals surface area contributed by atoms with Gasteiger partial charge in [-0.15, -0.1) is 0 Å². The van der Waals surface area contributed by atoms with Gasteiger partial charge in [0, 0.05) is 44.8 Å². The lowest BCUT2D eigenvalue weighted by Crippen LogP contribution is -2.57. The minimum Gasteiger partial charge on any atom is -0.391 e. The highest BCUT2D eigenvalue weighted by Gasteiger charge is 2.43. The second kappa shape index (κ2) is 13.9. The van der Waals surface area contributed by atoms with Crippen LogP contribution in [-0.2, 0) is 10.3 Å². The minimum atomic E-state index is -1.46. The summed E-state index contributed by atoms with van der Waals surface area (Å²) in [6.07, 6.45) is 6.66. The number of rotatable bonds is 12. The van der Waals surface area contributed by atoms with Crippen LogP contribution < -0.4 is 10.6 Å². The smallest absolute Gasteiger partial charge is 0.317 e. The normalized spacial score (nSPS) is 22.3. The third kappa shape index (κ3) is 7.10. The van der Waals surface area contributed by atoms with Crippen molar-refractivity contribution in [3.63, 3.8) is 0 Å². The highest BCUT2D eigenvalue weighted by Crippen LogP contribution is 2.42. The van der Waals surface area contributed by atoms with Crippen LogP contribution in [0.15, 0.2) is 18.2 Å². The Morgan fingerprint density at radius 2 is 2.03 bits per heavy atom. The molecule has 0 spiro atoms. The summed E-state index contributed by atoms with van der Waals surface area (Å²) in [5, 5.41) is 29.0. The highest BCUT2D eigenvalue weighted by atomic mass is 35.5. The number of carbonyl (C=O) groups is 1. The summed E-state index contributed by atoms with van der Waals surface area (Å²) < 4.78 is 20.3. The van der Waals surface area contributed by atoms with E-state index in [1.807, 2.05) is 0 Å². The van der Waals surface area contributed by atoms with Crippen molar-refractivity contribution in [1.29, 1.82) is 0 Å². The number of piperidine rings is 1. The third-order valence-corrected chi connectivity index (χ3v) is 8.28. The molecule has 0 unspecified atom stereocenters. The van der Waals surface area contributed by atoms with E-state index in [4.69, 9.17) is 16.3 Å². The Morgan fingerprint density at radius 1 is 1.28 bits per heavy atom. The van der Waals surface area contributed by atoms with E-state index < -0.39 is 23.6 Å². The van der Waals surface area contributed by atoms with E-state index in [0.717, 1.165) is 32.1 Å². The summed E-state index contributed by atoms with van der Waals surface area (Å²) >= 11 is 6.08. The number of urea groups is 1. The van der Waals surface area contributed by atoms with Crippen LogP contribution in [0.3, 0.4) is 0 Å². The highest BCUT2D eigenvalue weighted by molar-refractivity contribution is 6.30. The molecule has 2 amide bonds. The van der Waals surface area contributed by atoms with Crippen LogP contribution >= 0.6 is 11.6 Å². The lowest BCUT2D eigenvalue weighted by Gasteiger charge is -2.43. The summed E-state index contributed by atoms with van der Waals surface area (Å²) in [6.45, 7) is 1.87. The van der Waals surface area contributed by atoms with Crippen molar-refractivity contribution in [3.8, 4) is 0 Å². The molecule has 7 nitrogen and oxygen atoms in total. The fourth-order valence-corrected chi connectivity index (χ4v) is 6.12. The molecule has 1 saturated heterocycles. The number of aliphatic hydroxyl groups is 2. The van der Waals surface area contributed by atoms with Gasteiger partial charge in [0.15, 0.2) is 0 Å². The van der Waals surface area contributed by atoms with Crippen LogP contribution in [0.5, 0.6) is 0 Å². The second-order valence-corrected chi connectivity index (χ2v) is 10.8. The summed E-state index contributed by atoms with van der Waals surface area (Å²) in [6, 6.07) is 4.07. The van der Waals surface area contributed by atoms with E-state index in [9.17, 15) is 15.0 Å². The first-order chi connectivity index (χ1) is 17.3. The molecule has 36 heavy (non-hydrogen) atoms. The van der Waals surface area contributed by atoms with Crippen LogP contribution in [0.2, 0.25) is 5.02 Å². The van der Waals surface area contributed by atoms with Gasteiger partial charge in [0.25, 0.3) is 0 Å². The molecule has 1 heterocycles. The Balaban J connectivity index is 1.75. The van der Waals surface area contributed by atoms with Gasteiger partial charge in [0.2, 0.25) is 0 Å². The summed E-state index contributed by atoms with van der Waals surface area (Å²) in [7, 11) is 3.44. The van der Waals surface area contributed by atoms with Crippen molar-refractivity contribution in [2.75, 3.05) is 40.4 Å². The number of unbranched alkanes of at least 4 members (excludes halogenated alkanes) is 1. The first-order valence-corrected chi connectivity index (χ1v) is 13.7. The summed E-state index contributed by atoms with van der Waals surface area (Å²) in [5.74, 6) is -0.764. The Kier molecular flexibility index (Phi) is 11.2. The van der Waals surface area contributed by atoms with Crippen LogP contribution in [-0.4, -0.2) is 73.7 Å². The predicted molar refractivity (Wildman–Crippen MR) is 140 cm³/mol. The number of hydrogen-bond acceptors (Lipinski definition) is 5. The molecule has 0 radical (unpaired) electrons. The maximum atomic E-state index is 15.1. The fourth-order valence-electron chi connectivity index (χ4n) is 5.94. The molecule has 2 fully saturated rings. The zero-order valence-electron chi connectivity index (χ0n) is 21.6. The molecule has 1 aliphatic heterocycles. The molecule has 2 aliphatic rings. The number of benzene rings is 1. The van der Waals surface area contributed by atoms with Crippen molar-refractivity contribution < 1.29 is 24.1 Å². The van der Waals surface area contributed by atoms with E-state index >= 15 is 4.39 Å². The van der Waals surface area contributed by atoms with Gasteiger partial charge >= 0.3 is 6.03 Å². The molecule has 204 valence electrons. The number of aliphatic hydroxyl groups excluding tert-OH is 1. The maximum absolute atomic E-state index is 15.1. The van der Waals surface area contributed by atoms with Crippen molar-refractivity contribution in [3.05, 3.63) is 34.6 Å². The van der Waals surface area contributed by atoms with Crippen LogP contribution in [0.25, 0.3) is 0 Å². The number of likely N-dealkylation sites (tertiary alicyclic amines) is 1. The van der Waals surface area contributed by atoms with E-state index in [-0.39, 0.29) is 28.5 Å². The Labute approximate surface area is 219 Å². The van der Waals surface area contributed by atoms with Crippen molar-refractivity contribution in [2.45, 2.75) is 75.5 Å². The average Bonchev–Trinajstić information content (AvgIpc) is 3.42. The quantitative estimate of drug-likeness (QED) is 0.308. The number of nitrogens with one attached hydrogen (secondary N) is 2. The van der Waals surface area contributed by atoms with Crippen molar-refractivity contribution >= 4 is 17.6 Å². The predicted octanol–water partition coefficient (Wildman–Crippen LogP) is 4.04. The maximum Gasteiger partial charge on any atom is 0.317 e. The second-order valence-electron chi connectivity index (χ2n) is 10.4. The Morgan fingerprint density at radius 3 is 2.72 bits per heavy atom. The van der Waals surface area contributed by atoms with Gasteiger partial charge in [-0.3, -0.25) is 0 Å². The molecule has 4 N–H and O–H groups in total. The van der Waals surface area contributed by atoms with Gasteiger partial charge in [0.1, 0.15) is 5.82 Å². The Hall–Kier alpha value is -1.45. The van der Waals surface area contributed by atoms with Crippen molar-refractivity contribution in [1.82, 2.24) is 15.5 Å². The topological polar surface area (TPSA) is 94.1 Å². The number of hydrogen-bond donors (Lipinski definition) is 4. The molecule has 3 rings (SSSR count). The van der Waals surface area contributed by atoms with Crippen molar-refractivity contribution in [2.24, 2.45) is 11.8 Å². The van der Waals surface area contributed by atoms with Gasteiger partial charge < -0.3 is 30.5 Å². The number of carbonyl (C=O) groups excluding carboxylic acids is 1. The number of likely N-dealkylation sites (N-methyl/N-ethyl adjacent to an activating group) is 1. The molecule has 4 atom stereocenters. The van der Waals surface area contributed by atoms with Gasteiger partial charge in [-0.2, -0.15) is 0 Å². The van der Waals surface area contributed by atoms with Crippen LogP contribution in [0.4, 0.5) is 9.18 Å². The summed E-state index contributed by atoms with van der Waals surface area (Å²) in [5.41, 5.74) is -1.28. The first kappa shape index (κ1) is 29.1. The Bertz CT molecular complexity index is 841. The molecular weight excluding hydrogens is 485 g/mol. The lowest BCUT2D eigenvalue weighted by molar-refractivity contribution is -0.0590. The van der Waals surface area contributed by atoms with Gasteiger partial charge in [-0.25, -0.2) is 9.18 Å². The fraction of sp³-hybridized carbons (Fsp3) is 0.741. The monoisotopic (exact) mass is 527 g/mol. The summed E-state index contributed by atoms with van der Waals surface area (Å²) in [4.78, 5) is 15.0. The molecular formula is C27H43ClFN3O4. The average molecular weight is 528 g/mol. The lowest BCUT2D eigenvalue weighted by atomic mass is 9.74. The first-order valence-electron chi connectivity index (χ1n) is 13.4. The molecule has 1 aromatic carbocycles. The van der Waals surface area contributed by atoms with Gasteiger partial charge in [-0.1, -0.05) is 36.6 Å².